The van der Waals surface area contributed by atoms with E-state index in [9.17, 15) is 4.79 Å². The minimum absolute atomic E-state index is 0.0875. The third-order valence-electron chi connectivity index (χ3n) is 3.66. The summed E-state index contributed by atoms with van der Waals surface area (Å²) in [6.45, 7) is 6.99. The molecule has 0 fully saturated rings. The first-order chi connectivity index (χ1) is 10.5. The van der Waals surface area contributed by atoms with Crippen LogP contribution in [0.1, 0.15) is 22.3 Å². The average Bonchev–Trinajstić information content (AvgIpc) is 2.49. The number of carbonyl (C=O) groups excluding carboxylic acids is 1. The van der Waals surface area contributed by atoms with Gasteiger partial charge in [0.2, 0.25) is 5.91 Å². The molecular formula is C19H23NOS. The molecule has 0 aliphatic rings. The Labute approximate surface area is 137 Å². The second kappa shape index (κ2) is 8.04. The molecule has 2 rings (SSSR count). The zero-order chi connectivity index (χ0) is 15.9. The van der Waals surface area contributed by atoms with Gasteiger partial charge in [0.05, 0.1) is 6.42 Å². The smallest absolute Gasteiger partial charge is 0.224 e. The second-order valence-electron chi connectivity index (χ2n) is 5.61. The molecule has 0 aliphatic heterocycles. The quantitative estimate of drug-likeness (QED) is 0.643. The number of thioether (sulfide) groups is 1. The maximum absolute atomic E-state index is 11.9. The summed E-state index contributed by atoms with van der Waals surface area (Å²) in [7, 11) is 0. The number of benzene rings is 2. The lowest BCUT2D eigenvalue weighted by Crippen LogP contribution is -2.27. The zero-order valence-corrected chi connectivity index (χ0v) is 14.3. The molecule has 2 aromatic rings. The van der Waals surface area contributed by atoms with E-state index in [2.05, 4.69) is 37.4 Å². The van der Waals surface area contributed by atoms with Gasteiger partial charge in [0.15, 0.2) is 0 Å². The fourth-order valence-corrected chi connectivity index (χ4v) is 2.98. The van der Waals surface area contributed by atoms with Crippen molar-refractivity contribution in [1.29, 1.82) is 0 Å². The molecule has 0 saturated carbocycles. The number of rotatable bonds is 6. The first kappa shape index (κ1) is 16.6. The van der Waals surface area contributed by atoms with Crippen LogP contribution in [0.5, 0.6) is 0 Å². The Kier molecular flexibility index (Phi) is 6.08. The van der Waals surface area contributed by atoms with Gasteiger partial charge in [-0.3, -0.25) is 4.79 Å². The lowest BCUT2D eigenvalue weighted by atomic mass is 10.1. The van der Waals surface area contributed by atoms with E-state index in [0.717, 1.165) is 11.3 Å². The highest BCUT2D eigenvalue weighted by atomic mass is 32.2. The summed E-state index contributed by atoms with van der Waals surface area (Å²) in [6, 6.07) is 14.6. The van der Waals surface area contributed by atoms with Gasteiger partial charge in [-0.05, 0) is 49.6 Å². The average molecular weight is 313 g/mol. The highest BCUT2D eigenvalue weighted by Gasteiger charge is 2.03. The Bertz CT molecular complexity index is 634. The molecular weight excluding hydrogens is 290 g/mol. The van der Waals surface area contributed by atoms with Crippen molar-refractivity contribution < 1.29 is 4.79 Å². The van der Waals surface area contributed by atoms with Crippen molar-refractivity contribution in [3.63, 3.8) is 0 Å². The summed E-state index contributed by atoms with van der Waals surface area (Å²) in [5, 5.41) is 2.98. The van der Waals surface area contributed by atoms with E-state index in [1.54, 1.807) is 11.8 Å². The van der Waals surface area contributed by atoms with Gasteiger partial charge in [-0.1, -0.05) is 35.9 Å². The summed E-state index contributed by atoms with van der Waals surface area (Å²) in [5.41, 5.74) is 4.91. The predicted octanol–water partition coefficient (Wildman–Crippen LogP) is 4.06. The monoisotopic (exact) mass is 313 g/mol. The van der Waals surface area contributed by atoms with Crippen LogP contribution in [-0.4, -0.2) is 18.2 Å². The molecule has 0 spiro atoms. The van der Waals surface area contributed by atoms with Crippen LogP contribution in [-0.2, 0) is 11.2 Å². The number of hydrogen-bond acceptors (Lipinski definition) is 2. The van der Waals surface area contributed by atoms with E-state index in [1.165, 1.54) is 21.6 Å². The van der Waals surface area contributed by atoms with Crippen LogP contribution in [0.25, 0.3) is 0 Å². The molecule has 0 heterocycles. The molecule has 0 aliphatic carbocycles. The molecule has 116 valence electrons. The largest absolute Gasteiger partial charge is 0.355 e. The molecule has 1 N–H and O–H groups in total. The van der Waals surface area contributed by atoms with Crippen molar-refractivity contribution in [3.05, 3.63) is 64.7 Å². The van der Waals surface area contributed by atoms with Crippen molar-refractivity contribution in [3.8, 4) is 0 Å². The minimum atomic E-state index is 0.0875. The fourth-order valence-electron chi connectivity index (χ4n) is 2.12. The molecule has 3 heteroatoms. The molecule has 0 atom stereocenters. The number of hydrogen-bond donors (Lipinski definition) is 1. The Hall–Kier alpha value is -1.74. The normalized spacial score (nSPS) is 10.5. The van der Waals surface area contributed by atoms with Crippen LogP contribution < -0.4 is 5.32 Å². The zero-order valence-electron chi connectivity index (χ0n) is 13.5. The number of amides is 1. The number of aryl methyl sites for hydroxylation is 3. The molecule has 0 saturated heterocycles. The van der Waals surface area contributed by atoms with Crippen LogP contribution in [0.4, 0.5) is 0 Å². The van der Waals surface area contributed by atoms with Crippen molar-refractivity contribution in [1.82, 2.24) is 5.32 Å². The van der Waals surface area contributed by atoms with Gasteiger partial charge in [-0.25, -0.2) is 0 Å². The van der Waals surface area contributed by atoms with Crippen molar-refractivity contribution in [2.45, 2.75) is 32.1 Å². The van der Waals surface area contributed by atoms with E-state index in [-0.39, 0.29) is 5.91 Å². The Balaban J connectivity index is 1.70. The first-order valence-electron chi connectivity index (χ1n) is 7.57. The van der Waals surface area contributed by atoms with Gasteiger partial charge in [0.25, 0.3) is 0 Å². The molecule has 0 unspecified atom stereocenters. The minimum Gasteiger partial charge on any atom is -0.355 e. The molecule has 0 radical (unpaired) electrons. The lowest BCUT2D eigenvalue weighted by molar-refractivity contribution is -0.120. The highest BCUT2D eigenvalue weighted by Crippen LogP contribution is 2.20. The van der Waals surface area contributed by atoms with Gasteiger partial charge in [-0.15, -0.1) is 11.8 Å². The van der Waals surface area contributed by atoms with Gasteiger partial charge in [0.1, 0.15) is 0 Å². The van der Waals surface area contributed by atoms with Crippen LogP contribution in [0.2, 0.25) is 0 Å². The van der Waals surface area contributed by atoms with E-state index in [1.807, 2.05) is 31.2 Å². The summed E-state index contributed by atoms with van der Waals surface area (Å²) < 4.78 is 0. The fraction of sp³-hybridized carbons (Fsp3) is 0.316. The Morgan fingerprint density at radius 2 is 1.73 bits per heavy atom. The highest BCUT2D eigenvalue weighted by molar-refractivity contribution is 7.99. The molecule has 0 bridgehead atoms. The molecule has 2 aromatic carbocycles. The summed E-state index contributed by atoms with van der Waals surface area (Å²) in [5.74, 6) is 0.979. The summed E-state index contributed by atoms with van der Waals surface area (Å²) in [4.78, 5) is 13.1. The van der Waals surface area contributed by atoms with E-state index in [4.69, 9.17) is 0 Å². The summed E-state index contributed by atoms with van der Waals surface area (Å²) >= 11 is 1.78. The molecule has 22 heavy (non-hydrogen) atoms. The van der Waals surface area contributed by atoms with Crippen molar-refractivity contribution >= 4 is 17.7 Å². The van der Waals surface area contributed by atoms with Crippen LogP contribution in [0, 0.1) is 20.8 Å². The summed E-state index contributed by atoms with van der Waals surface area (Å²) in [6.07, 6.45) is 0.453. The standard InChI is InChI=1S/C19H23NOS/c1-14-4-7-17(8-5-14)13-19(21)20-10-11-22-18-9-6-15(2)16(3)12-18/h4-9,12H,10-11,13H2,1-3H3,(H,20,21). The second-order valence-corrected chi connectivity index (χ2v) is 6.78. The Morgan fingerprint density at radius 3 is 2.41 bits per heavy atom. The van der Waals surface area contributed by atoms with Gasteiger partial charge >= 0.3 is 0 Å². The van der Waals surface area contributed by atoms with E-state index < -0.39 is 0 Å². The molecule has 1 amide bonds. The first-order valence-corrected chi connectivity index (χ1v) is 8.55. The van der Waals surface area contributed by atoms with Crippen LogP contribution >= 0.6 is 11.8 Å². The maximum atomic E-state index is 11.9. The predicted molar refractivity (Wildman–Crippen MR) is 94.5 cm³/mol. The third kappa shape index (κ3) is 5.23. The number of nitrogens with one attached hydrogen (secondary N) is 1. The topological polar surface area (TPSA) is 29.1 Å². The van der Waals surface area contributed by atoms with Gasteiger partial charge in [-0.2, -0.15) is 0 Å². The lowest BCUT2D eigenvalue weighted by Gasteiger charge is -2.07. The maximum Gasteiger partial charge on any atom is 0.224 e. The molecule has 0 aromatic heterocycles. The number of carbonyl (C=O) groups is 1. The van der Waals surface area contributed by atoms with Crippen LogP contribution in [0.15, 0.2) is 47.4 Å². The Morgan fingerprint density at radius 1 is 1.00 bits per heavy atom. The van der Waals surface area contributed by atoms with Crippen molar-refractivity contribution in [2.75, 3.05) is 12.3 Å². The van der Waals surface area contributed by atoms with Crippen molar-refractivity contribution in [2.24, 2.45) is 0 Å². The SMILES string of the molecule is Cc1ccc(CC(=O)NCCSc2ccc(C)c(C)c2)cc1. The van der Waals surface area contributed by atoms with Gasteiger partial charge < -0.3 is 5.32 Å². The van der Waals surface area contributed by atoms with E-state index in [0.29, 0.717) is 13.0 Å². The van der Waals surface area contributed by atoms with Gasteiger partial charge in [0, 0.05) is 17.2 Å². The van der Waals surface area contributed by atoms with Crippen LogP contribution in [0.3, 0.4) is 0 Å². The van der Waals surface area contributed by atoms with E-state index >= 15 is 0 Å². The third-order valence-corrected chi connectivity index (χ3v) is 4.65. The molecule has 2 nitrogen and oxygen atoms in total.